The SMILES string of the molecule is O=C(NCC1Cn2c(-c3ccc(F)cc3)cnc2CO1)c1cccnc1. The van der Waals surface area contributed by atoms with Crippen LogP contribution in [0, 0.1) is 5.82 Å². The molecule has 1 aromatic carbocycles. The predicted molar refractivity (Wildman–Crippen MR) is 92.8 cm³/mol. The first-order valence-corrected chi connectivity index (χ1v) is 8.31. The van der Waals surface area contributed by atoms with Crippen LogP contribution < -0.4 is 5.32 Å². The second-order valence-corrected chi connectivity index (χ2v) is 6.06. The fourth-order valence-corrected chi connectivity index (χ4v) is 2.96. The molecule has 1 amide bonds. The second-order valence-electron chi connectivity index (χ2n) is 6.06. The smallest absolute Gasteiger partial charge is 0.252 e. The first kappa shape index (κ1) is 16.4. The van der Waals surface area contributed by atoms with E-state index in [2.05, 4.69) is 19.9 Å². The van der Waals surface area contributed by atoms with Crippen molar-refractivity contribution in [2.45, 2.75) is 19.3 Å². The number of carbonyl (C=O) groups is 1. The molecule has 26 heavy (non-hydrogen) atoms. The van der Waals surface area contributed by atoms with E-state index in [0.29, 0.717) is 25.3 Å². The summed E-state index contributed by atoms with van der Waals surface area (Å²) in [5, 5.41) is 2.87. The summed E-state index contributed by atoms with van der Waals surface area (Å²) in [6.45, 7) is 1.32. The maximum absolute atomic E-state index is 13.2. The van der Waals surface area contributed by atoms with Crippen molar-refractivity contribution in [3.05, 3.63) is 72.2 Å². The van der Waals surface area contributed by atoms with Crippen LogP contribution in [0.3, 0.4) is 0 Å². The third-order valence-corrected chi connectivity index (χ3v) is 4.33. The molecule has 0 bridgehead atoms. The molecule has 1 atom stereocenters. The number of hydrogen-bond donors (Lipinski definition) is 1. The number of benzene rings is 1. The standard InChI is InChI=1S/C19H17FN4O2/c20-15-5-3-13(4-6-15)17-10-22-18-12-26-16(11-24(17)18)9-23-19(25)14-2-1-7-21-8-14/h1-8,10,16H,9,11-12H2,(H,23,25). The van der Waals surface area contributed by atoms with Gasteiger partial charge in [0.05, 0.1) is 30.1 Å². The molecule has 7 heteroatoms. The molecule has 1 N–H and O–H groups in total. The van der Waals surface area contributed by atoms with Gasteiger partial charge >= 0.3 is 0 Å². The maximum atomic E-state index is 13.2. The minimum atomic E-state index is -0.272. The Morgan fingerprint density at radius 2 is 2.12 bits per heavy atom. The number of nitrogens with zero attached hydrogens (tertiary/aromatic N) is 3. The second kappa shape index (κ2) is 7.05. The molecule has 1 aliphatic rings. The fraction of sp³-hybridized carbons (Fsp3) is 0.211. The number of amides is 1. The van der Waals surface area contributed by atoms with Crippen molar-refractivity contribution >= 4 is 5.91 Å². The highest BCUT2D eigenvalue weighted by Crippen LogP contribution is 2.25. The molecule has 0 spiro atoms. The van der Waals surface area contributed by atoms with E-state index in [-0.39, 0.29) is 17.8 Å². The molecule has 3 aromatic rings. The number of rotatable bonds is 4. The van der Waals surface area contributed by atoms with E-state index in [9.17, 15) is 9.18 Å². The Labute approximate surface area is 149 Å². The quantitative estimate of drug-likeness (QED) is 0.783. The van der Waals surface area contributed by atoms with Crippen LogP contribution in [0.15, 0.2) is 55.0 Å². The molecule has 1 unspecified atom stereocenters. The van der Waals surface area contributed by atoms with Crippen LogP contribution in [0.25, 0.3) is 11.3 Å². The van der Waals surface area contributed by atoms with Gasteiger partial charge in [0.15, 0.2) is 0 Å². The number of hydrogen-bond acceptors (Lipinski definition) is 4. The molecular weight excluding hydrogens is 335 g/mol. The van der Waals surface area contributed by atoms with E-state index in [1.807, 2.05) is 0 Å². The van der Waals surface area contributed by atoms with Gasteiger partial charge in [0.2, 0.25) is 0 Å². The lowest BCUT2D eigenvalue weighted by molar-refractivity contribution is 0.00374. The number of halogens is 1. The normalized spacial score (nSPS) is 16.1. The lowest BCUT2D eigenvalue weighted by Crippen LogP contribution is -2.39. The van der Waals surface area contributed by atoms with E-state index in [1.165, 1.54) is 18.3 Å². The summed E-state index contributed by atoms with van der Waals surface area (Å²) in [7, 11) is 0. The summed E-state index contributed by atoms with van der Waals surface area (Å²) < 4.78 is 21.0. The zero-order valence-electron chi connectivity index (χ0n) is 13.9. The molecule has 132 valence electrons. The molecule has 1 aliphatic heterocycles. The Kier molecular flexibility index (Phi) is 4.45. The van der Waals surface area contributed by atoms with Crippen molar-refractivity contribution in [2.75, 3.05) is 6.54 Å². The van der Waals surface area contributed by atoms with Crippen LogP contribution in [0.5, 0.6) is 0 Å². The first-order valence-electron chi connectivity index (χ1n) is 8.31. The van der Waals surface area contributed by atoms with Gasteiger partial charge in [-0.1, -0.05) is 0 Å². The van der Waals surface area contributed by atoms with Crippen LogP contribution in [0.2, 0.25) is 0 Å². The van der Waals surface area contributed by atoms with Gasteiger partial charge in [-0.3, -0.25) is 9.78 Å². The van der Waals surface area contributed by atoms with Gasteiger partial charge in [-0.25, -0.2) is 9.37 Å². The van der Waals surface area contributed by atoms with E-state index < -0.39 is 0 Å². The number of fused-ring (bicyclic) bond motifs is 1. The van der Waals surface area contributed by atoms with Crippen molar-refractivity contribution in [2.24, 2.45) is 0 Å². The van der Waals surface area contributed by atoms with E-state index in [1.54, 1.807) is 36.7 Å². The summed E-state index contributed by atoms with van der Waals surface area (Å²) in [5.74, 6) is 0.363. The summed E-state index contributed by atoms with van der Waals surface area (Å²) in [6, 6.07) is 9.76. The monoisotopic (exact) mass is 352 g/mol. The van der Waals surface area contributed by atoms with Crippen molar-refractivity contribution in [1.82, 2.24) is 19.9 Å². The summed E-state index contributed by atoms with van der Waals surface area (Å²) in [5.41, 5.74) is 2.32. The van der Waals surface area contributed by atoms with Crippen molar-refractivity contribution in [3.63, 3.8) is 0 Å². The third-order valence-electron chi connectivity index (χ3n) is 4.33. The zero-order valence-corrected chi connectivity index (χ0v) is 13.9. The highest BCUT2D eigenvalue weighted by Gasteiger charge is 2.23. The molecule has 3 heterocycles. The lowest BCUT2D eigenvalue weighted by Gasteiger charge is -2.26. The Morgan fingerprint density at radius 1 is 1.27 bits per heavy atom. The summed E-state index contributed by atoms with van der Waals surface area (Å²) in [4.78, 5) is 20.5. The lowest BCUT2D eigenvalue weighted by atomic mass is 10.1. The van der Waals surface area contributed by atoms with Crippen LogP contribution in [0.4, 0.5) is 4.39 Å². The largest absolute Gasteiger partial charge is 0.367 e. The fourth-order valence-electron chi connectivity index (χ4n) is 2.96. The average molecular weight is 352 g/mol. The Balaban J connectivity index is 1.45. The minimum absolute atomic E-state index is 0.170. The van der Waals surface area contributed by atoms with Crippen LogP contribution in [-0.2, 0) is 17.9 Å². The Morgan fingerprint density at radius 3 is 2.88 bits per heavy atom. The number of carbonyl (C=O) groups excluding carboxylic acids is 1. The van der Waals surface area contributed by atoms with Crippen molar-refractivity contribution in [1.29, 1.82) is 0 Å². The van der Waals surface area contributed by atoms with E-state index >= 15 is 0 Å². The number of imidazole rings is 1. The zero-order chi connectivity index (χ0) is 17.9. The summed E-state index contributed by atoms with van der Waals surface area (Å²) in [6.07, 6.45) is 4.75. The topological polar surface area (TPSA) is 69.0 Å². The first-order chi connectivity index (χ1) is 12.7. The molecule has 0 fully saturated rings. The minimum Gasteiger partial charge on any atom is -0.367 e. The van der Waals surface area contributed by atoms with Crippen molar-refractivity contribution < 1.29 is 13.9 Å². The molecule has 0 saturated carbocycles. The number of aromatic nitrogens is 3. The number of ether oxygens (including phenoxy) is 1. The molecule has 4 rings (SSSR count). The Bertz CT molecular complexity index is 909. The van der Waals surface area contributed by atoms with Crippen molar-refractivity contribution in [3.8, 4) is 11.3 Å². The molecule has 0 aliphatic carbocycles. The number of pyridine rings is 1. The third kappa shape index (κ3) is 3.34. The average Bonchev–Trinajstić information content (AvgIpc) is 3.10. The van der Waals surface area contributed by atoms with Gasteiger partial charge in [-0.15, -0.1) is 0 Å². The molecular formula is C19H17FN4O2. The van der Waals surface area contributed by atoms with Gasteiger partial charge in [-0.2, -0.15) is 0 Å². The number of nitrogens with one attached hydrogen (secondary N) is 1. The van der Waals surface area contributed by atoms with Crippen LogP contribution in [-0.4, -0.2) is 33.1 Å². The molecule has 6 nitrogen and oxygen atoms in total. The van der Waals surface area contributed by atoms with Gasteiger partial charge in [0, 0.05) is 18.9 Å². The highest BCUT2D eigenvalue weighted by molar-refractivity contribution is 5.93. The van der Waals surface area contributed by atoms with Gasteiger partial charge in [-0.05, 0) is 42.0 Å². The van der Waals surface area contributed by atoms with E-state index in [4.69, 9.17) is 4.74 Å². The van der Waals surface area contributed by atoms with Gasteiger partial charge in [0.25, 0.3) is 5.91 Å². The molecule has 2 aromatic heterocycles. The van der Waals surface area contributed by atoms with Gasteiger partial charge < -0.3 is 14.6 Å². The van der Waals surface area contributed by atoms with Crippen LogP contribution in [0.1, 0.15) is 16.2 Å². The Hall–Kier alpha value is -3.06. The van der Waals surface area contributed by atoms with E-state index in [0.717, 1.165) is 17.1 Å². The van der Waals surface area contributed by atoms with Gasteiger partial charge in [0.1, 0.15) is 18.2 Å². The van der Waals surface area contributed by atoms with Crippen LogP contribution >= 0.6 is 0 Å². The molecule has 0 saturated heterocycles. The highest BCUT2D eigenvalue weighted by atomic mass is 19.1. The molecule has 0 radical (unpaired) electrons. The predicted octanol–water partition coefficient (Wildman–Crippen LogP) is 2.41. The maximum Gasteiger partial charge on any atom is 0.252 e. The summed E-state index contributed by atoms with van der Waals surface area (Å²) >= 11 is 0.